The first-order chi connectivity index (χ1) is 6.91. The molecule has 1 aromatic rings. The van der Waals surface area contributed by atoms with Crippen molar-refractivity contribution in [2.45, 2.75) is 20.8 Å². The number of nitrogens with zero attached hydrogens (tertiary/aromatic N) is 3. The second-order valence-corrected chi connectivity index (χ2v) is 3.55. The van der Waals surface area contributed by atoms with Crippen LogP contribution in [0.5, 0.6) is 0 Å². The quantitative estimate of drug-likeness (QED) is 0.802. The van der Waals surface area contributed by atoms with E-state index in [4.69, 9.17) is 5.11 Å². The molecule has 0 spiro atoms. The van der Waals surface area contributed by atoms with Crippen molar-refractivity contribution < 1.29 is 9.90 Å². The molecule has 1 aromatic heterocycles. The SMILES string of the molecule is Cc1nc(C)c(C)c(N(C)CC(=O)O)n1. The lowest BCUT2D eigenvalue weighted by Gasteiger charge is -2.19. The molecule has 0 amide bonds. The molecule has 5 heteroatoms. The van der Waals surface area contributed by atoms with Crippen LogP contribution in [0.15, 0.2) is 0 Å². The molecule has 15 heavy (non-hydrogen) atoms. The van der Waals surface area contributed by atoms with Gasteiger partial charge in [0.2, 0.25) is 0 Å². The lowest BCUT2D eigenvalue weighted by molar-refractivity contribution is -0.135. The number of rotatable bonds is 3. The summed E-state index contributed by atoms with van der Waals surface area (Å²) in [5.74, 6) is 0.471. The molecule has 5 nitrogen and oxygen atoms in total. The van der Waals surface area contributed by atoms with Gasteiger partial charge in [0.1, 0.15) is 18.2 Å². The third-order valence-corrected chi connectivity index (χ3v) is 2.21. The molecule has 1 rings (SSSR count). The molecule has 0 unspecified atom stereocenters. The highest BCUT2D eigenvalue weighted by atomic mass is 16.4. The van der Waals surface area contributed by atoms with Crippen molar-refractivity contribution in [1.29, 1.82) is 0 Å². The normalized spacial score (nSPS) is 10.1. The molecule has 0 aliphatic rings. The standard InChI is InChI=1S/C10H15N3O2/c1-6-7(2)11-8(3)12-10(6)13(4)5-9(14)15/h5H2,1-4H3,(H,14,15). The maximum Gasteiger partial charge on any atom is 0.323 e. The Balaban J connectivity index is 3.07. The van der Waals surface area contributed by atoms with Gasteiger partial charge in [-0.1, -0.05) is 0 Å². The Morgan fingerprint density at radius 1 is 1.33 bits per heavy atom. The Bertz CT molecular complexity index is 390. The van der Waals surface area contributed by atoms with Crippen LogP contribution < -0.4 is 4.90 Å². The minimum atomic E-state index is -0.870. The van der Waals surface area contributed by atoms with Crippen molar-refractivity contribution in [2.75, 3.05) is 18.5 Å². The average molecular weight is 209 g/mol. The Hall–Kier alpha value is -1.65. The molecule has 1 N–H and O–H groups in total. The second kappa shape index (κ2) is 4.25. The fourth-order valence-electron chi connectivity index (χ4n) is 1.40. The number of likely N-dealkylation sites (N-methyl/N-ethyl adjacent to an activating group) is 1. The summed E-state index contributed by atoms with van der Waals surface area (Å²) in [5.41, 5.74) is 1.80. The topological polar surface area (TPSA) is 66.3 Å². The lowest BCUT2D eigenvalue weighted by atomic mass is 10.2. The van der Waals surface area contributed by atoms with Crippen LogP contribution in [0.4, 0.5) is 5.82 Å². The van der Waals surface area contributed by atoms with Crippen molar-refractivity contribution in [2.24, 2.45) is 0 Å². The van der Waals surface area contributed by atoms with Crippen molar-refractivity contribution in [1.82, 2.24) is 9.97 Å². The first-order valence-corrected chi connectivity index (χ1v) is 4.66. The van der Waals surface area contributed by atoms with Gasteiger partial charge in [-0.2, -0.15) is 0 Å². The monoisotopic (exact) mass is 209 g/mol. The number of aromatic nitrogens is 2. The molecule has 1 heterocycles. The first kappa shape index (κ1) is 11.4. The number of hydrogen-bond acceptors (Lipinski definition) is 4. The Labute approximate surface area is 88.8 Å². The minimum Gasteiger partial charge on any atom is -0.480 e. The highest BCUT2D eigenvalue weighted by molar-refractivity contribution is 5.73. The third-order valence-electron chi connectivity index (χ3n) is 2.21. The van der Waals surface area contributed by atoms with E-state index in [1.165, 1.54) is 0 Å². The van der Waals surface area contributed by atoms with Crippen LogP contribution in [0.3, 0.4) is 0 Å². The highest BCUT2D eigenvalue weighted by Gasteiger charge is 2.12. The van der Waals surface area contributed by atoms with Crippen molar-refractivity contribution in [3.63, 3.8) is 0 Å². The molecular formula is C10H15N3O2. The van der Waals surface area contributed by atoms with E-state index in [0.717, 1.165) is 11.3 Å². The van der Waals surface area contributed by atoms with Crippen molar-refractivity contribution >= 4 is 11.8 Å². The van der Waals surface area contributed by atoms with Crippen molar-refractivity contribution in [3.8, 4) is 0 Å². The number of hydrogen-bond donors (Lipinski definition) is 1. The number of carbonyl (C=O) groups is 1. The smallest absolute Gasteiger partial charge is 0.323 e. The van der Waals surface area contributed by atoms with E-state index in [9.17, 15) is 4.79 Å². The van der Waals surface area contributed by atoms with E-state index in [0.29, 0.717) is 11.6 Å². The number of carboxylic acids is 1. The molecule has 0 aromatic carbocycles. The molecule has 0 aliphatic carbocycles. The van der Waals surface area contributed by atoms with Gasteiger partial charge in [-0.15, -0.1) is 0 Å². The van der Waals surface area contributed by atoms with E-state index < -0.39 is 5.97 Å². The summed E-state index contributed by atoms with van der Waals surface area (Å²) in [6.07, 6.45) is 0. The van der Waals surface area contributed by atoms with Crippen LogP contribution in [0.2, 0.25) is 0 Å². The number of anilines is 1. The van der Waals surface area contributed by atoms with Gasteiger partial charge in [0, 0.05) is 18.3 Å². The van der Waals surface area contributed by atoms with Gasteiger partial charge in [-0.25, -0.2) is 9.97 Å². The van der Waals surface area contributed by atoms with Crippen LogP contribution in [-0.2, 0) is 4.79 Å². The van der Waals surface area contributed by atoms with Gasteiger partial charge in [-0.3, -0.25) is 4.79 Å². The minimum absolute atomic E-state index is 0.0588. The summed E-state index contributed by atoms with van der Waals surface area (Å²) in [4.78, 5) is 20.6. The zero-order valence-electron chi connectivity index (χ0n) is 9.40. The lowest BCUT2D eigenvalue weighted by Crippen LogP contribution is -2.27. The predicted octanol–water partition coefficient (Wildman–Crippen LogP) is 0.923. The molecule has 0 radical (unpaired) electrons. The summed E-state index contributed by atoms with van der Waals surface area (Å²) in [6, 6.07) is 0. The molecule has 0 saturated heterocycles. The molecule has 0 bridgehead atoms. The maximum absolute atomic E-state index is 10.6. The molecule has 0 aliphatic heterocycles. The van der Waals surface area contributed by atoms with Gasteiger partial charge in [-0.05, 0) is 20.8 Å². The maximum atomic E-state index is 10.6. The Kier molecular flexibility index (Phi) is 3.24. The summed E-state index contributed by atoms with van der Waals surface area (Å²) in [5, 5.41) is 8.69. The van der Waals surface area contributed by atoms with E-state index >= 15 is 0 Å². The average Bonchev–Trinajstić information content (AvgIpc) is 2.09. The van der Waals surface area contributed by atoms with Gasteiger partial charge in [0.05, 0.1) is 0 Å². The Morgan fingerprint density at radius 2 is 1.93 bits per heavy atom. The first-order valence-electron chi connectivity index (χ1n) is 4.66. The number of aryl methyl sites for hydroxylation is 2. The summed E-state index contributed by atoms with van der Waals surface area (Å²) < 4.78 is 0. The zero-order valence-corrected chi connectivity index (χ0v) is 9.40. The van der Waals surface area contributed by atoms with Crippen LogP contribution in [0.1, 0.15) is 17.1 Å². The van der Waals surface area contributed by atoms with Gasteiger partial charge in [0.25, 0.3) is 0 Å². The molecule has 0 saturated carbocycles. The zero-order chi connectivity index (χ0) is 11.6. The highest BCUT2D eigenvalue weighted by Crippen LogP contribution is 2.17. The molecular weight excluding hydrogens is 194 g/mol. The summed E-state index contributed by atoms with van der Waals surface area (Å²) in [6.45, 7) is 5.52. The van der Waals surface area contributed by atoms with E-state index in [1.807, 2.05) is 13.8 Å². The van der Waals surface area contributed by atoms with Crippen LogP contribution in [0, 0.1) is 20.8 Å². The number of carboxylic acid groups (broad SMARTS) is 1. The van der Waals surface area contributed by atoms with E-state index in [1.54, 1.807) is 18.9 Å². The number of aliphatic carboxylic acids is 1. The van der Waals surface area contributed by atoms with Crippen LogP contribution >= 0.6 is 0 Å². The Morgan fingerprint density at radius 3 is 2.47 bits per heavy atom. The van der Waals surface area contributed by atoms with Crippen LogP contribution in [-0.4, -0.2) is 34.6 Å². The summed E-state index contributed by atoms with van der Waals surface area (Å²) in [7, 11) is 1.71. The van der Waals surface area contributed by atoms with Crippen molar-refractivity contribution in [3.05, 3.63) is 17.1 Å². The molecule has 82 valence electrons. The molecule has 0 fully saturated rings. The second-order valence-electron chi connectivity index (χ2n) is 3.55. The largest absolute Gasteiger partial charge is 0.480 e. The third kappa shape index (κ3) is 2.65. The van der Waals surface area contributed by atoms with Gasteiger partial charge < -0.3 is 10.0 Å². The fraction of sp³-hybridized carbons (Fsp3) is 0.500. The van der Waals surface area contributed by atoms with E-state index in [-0.39, 0.29) is 6.54 Å². The predicted molar refractivity (Wildman–Crippen MR) is 57.1 cm³/mol. The van der Waals surface area contributed by atoms with Gasteiger partial charge >= 0.3 is 5.97 Å². The molecule has 0 atom stereocenters. The van der Waals surface area contributed by atoms with Gasteiger partial charge in [0.15, 0.2) is 0 Å². The fourth-order valence-corrected chi connectivity index (χ4v) is 1.40. The van der Waals surface area contributed by atoms with E-state index in [2.05, 4.69) is 9.97 Å². The van der Waals surface area contributed by atoms with Crippen LogP contribution in [0.25, 0.3) is 0 Å². The summed E-state index contributed by atoms with van der Waals surface area (Å²) >= 11 is 0.